The Morgan fingerprint density at radius 2 is 0.810 bits per heavy atom. The Morgan fingerprint density at radius 1 is 0.405 bits per heavy atom. The number of rotatable bonds is 3. The molecule has 0 saturated heterocycles. The Kier molecular flexibility index (Phi) is 4.82. The molecule has 3 heterocycles. The quantitative estimate of drug-likeness (QED) is 0.201. The first kappa shape index (κ1) is 23.5. The largest absolute Gasteiger partial charge is 0.456 e. The highest BCUT2D eigenvalue weighted by atomic mass is 31.2. The predicted molar refractivity (Wildman–Crippen MR) is 172 cm³/mol. The van der Waals surface area contributed by atoms with Gasteiger partial charge in [0.15, 0.2) is 0 Å². The molecule has 0 bridgehead atoms. The van der Waals surface area contributed by atoms with Crippen LogP contribution in [0.2, 0.25) is 0 Å². The maximum absolute atomic E-state index is 16.3. The topological polar surface area (TPSA) is 49.8 Å². The van der Waals surface area contributed by atoms with E-state index in [0.717, 1.165) is 71.9 Å². The molecule has 0 spiro atoms. The van der Waals surface area contributed by atoms with E-state index in [1.165, 1.54) is 0 Å². The Bertz CT molecular complexity index is 2230. The van der Waals surface area contributed by atoms with E-state index >= 15 is 4.57 Å². The van der Waals surface area contributed by atoms with E-state index in [1.807, 2.05) is 125 Å². The third-order valence-electron chi connectivity index (χ3n) is 8.19. The van der Waals surface area contributed by atoms with Crippen LogP contribution in [0, 0.1) is 0 Å². The van der Waals surface area contributed by atoms with Crippen molar-refractivity contribution in [2.75, 3.05) is 9.34 Å². The average molecular weight is 563 g/mol. The summed E-state index contributed by atoms with van der Waals surface area (Å²) < 4.78 is 33.0. The molecule has 1 aliphatic heterocycles. The van der Waals surface area contributed by atoms with Crippen LogP contribution >= 0.6 is 7.44 Å². The summed E-state index contributed by atoms with van der Waals surface area (Å²) in [5.41, 5.74) is 6.52. The van der Waals surface area contributed by atoms with Crippen LogP contribution in [0.5, 0.6) is 0 Å². The summed E-state index contributed by atoms with van der Waals surface area (Å²) in [5.74, 6) is 0. The minimum Gasteiger partial charge on any atom is -0.456 e. The molecule has 6 aromatic carbocycles. The predicted octanol–water partition coefficient (Wildman–Crippen LogP) is 10.3. The maximum atomic E-state index is 16.3. The van der Waals surface area contributed by atoms with Crippen LogP contribution in [0.1, 0.15) is 0 Å². The molecule has 0 amide bonds. The Balaban J connectivity index is 1.42. The molecule has 42 heavy (non-hydrogen) atoms. The lowest BCUT2D eigenvalue weighted by Crippen LogP contribution is -2.26. The summed E-state index contributed by atoms with van der Waals surface area (Å²) in [4.78, 5) is 0. The molecule has 0 radical (unpaired) electrons. The second-order valence-electron chi connectivity index (χ2n) is 10.5. The summed E-state index contributed by atoms with van der Waals surface area (Å²) in [6, 6.07) is 46.0. The van der Waals surface area contributed by atoms with E-state index in [-0.39, 0.29) is 0 Å². The molecular formula is C36H23N2O3P. The minimum absolute atomic E-state index is 0.732. The van der Waals surface area contributed by atoms with Crippen LogP contribution in [0.15, 0.2) is 148 Å². The van der Waals surface area contributed by atoms with Crippen LogP contribution < -0.4 is 14.6 Å². The fourth-order valence-electron chi connectivity index (χ4n) is 6.47. The van der Waals surface area contributed by atoms with Crippen molar-refractivity contribution in [2.45, 2.75) is 0 Å². The van der Waals surface area contributed by atoms with Gasteiger partial charge in [0.05, 0.1) is 38.8 Å². The molecule has 1 aliphatic rings. The van der Waals surface area contributed by atoms with Gasteiger partial charge < -0.3 is 8.83 Å². The zero-order valence-electron chi connectivity index (χ0n) is 22.3. The van der Waals surface area contributed by atoms with Crippen molar-refractivity contribution in [3.63, 3.8) is 0 Å². The van der Waals surface area contributed by atoms with Gasteiger partial charge in [-0.1, -0.05) is 78.9 Å². The average Bonchev–Trinajstić information content (AvgIpc) is 3.69. The summed E-state index contributed by atoms with van der Waals surface area (Å²) >= 11 is 0. The van der Waals surface area contributed by atoms with E-state index < -0.39 is 7.44 Å². The third kappa shape index (κ3) is 3.06. The standard InChI is InChI=1S/C36H23N2O3P/c39-42(24-12-2-1-3-13-24)37(29-18-10-22-33-35(29)25-14-4-8-20-31(25)40-33)27-16-6-7-17-28(27)38(42)30-19-11-23-34-36(30)26-15-5-9-21-32(26)41-34/h1-23H. The summed E-state index contributed by atoms with van der Waals surface area (Å²) in [5, 5.41) is 4.58. The van der Waals surface area contributed by atoms with Gasteiger partial charge in [-0.15, -0.1) is 0 Å². The van der Waals surface area contributed by atoms with Gasteiger partial charge in [-0.05, 0) is 60.7 Å². The molecule has 0 unspecified atom stereocenters. The molecule has 0 N–H and O–H groups in total. The SMILES string of the molecule is O=P1(c2ccccc2)N(c2cccc3oc4ccccc4c23)c2ccccc2N1c1cccc2oc3ccccc3c12. The molecule has 200 valence electrons. The lowest BCUT2D eigenvalue weighted by atomic mass is 10.1. The zero-order chi connectivity index (χ0) is 27.8. The Labute approximate surface area is 241 Å². The number of hydrogen-bond donors (Lipinski definition) is 0. The highest BCUT2D eigenvalue weighted by molar-refractivity contribution is 7.76. The number of furan rings is 2. The van der Waals surface area contributed by atoms with Gasteiger partial charge in [-0.2, -0.15) is 0 Å². The molecule has 9 rings (SSSR count). The van der Waals surface area contributed by atoms with Gasteiger partial charge in [0.25, 0.3) is 0 Å². The number of hydrogen-bond acceptors (Lipinski definition) is 3. The first-order valence-corrected chi connectivity index (χ1v) is 15.5. The molecular weight excluding hydrogens is 539 g/mol. The number of para-hydroxylation sites is 4. The third-order valence-corrected chi connectivity index (χ3v) is 11.1. The summed E-state index contributed by atoms with van der Waals surface area (Å²) in [6.07, 6.45) is 0. The normalized spacial score (nSPS) is 14.4. The monoisotopic (exact) mass is 562 g/mol. The molecule has 6 heteroatoms. The fraction of sp³-hybridized carbons (Fsp3) is 0. The zero-order valence-corrected chi connectivity index (χ0v) is 23.2. The van der Waals surface area contributed by atoms with E-state index in [9.17, 15) is 0 Å². The molecule has 0 atom stereocenters. The first-order valence-electron chi connectivity index (χ1n) is 13.9. The van der Waals surface area contributed by atoms with Gasteiger partial charge in [0, 0.05) is 10.8 Å². The number of nitrogens with zero attached hydrogens (tertiary/aromatic N) is 2. The van der Waals surface area contributed by atoms with Crippen molar-refractivity contribution in [3.8, 4) is 0 Å². The van der Waals surface area contributed by atoms with Crippen LogP contribution in [0.4, 0.5) is 22.7 Å². The number of fused-ring (bicyclic) bond motifs is 7. The van der Waals surface area contributed by atoms with Crippen LogP contribution in [0.3, 0.4) is 0 Å². The van der Waals surface area contributed by atoms with Crippen molar-refractivity contribution in [1.82, 2.24) is 0 Å². The fourth-order valence-corrected chi connectivity index (χ4v) is 9.51. The Hall–Kier alpha value is -5.25. The van der Waals surface area contributed by atoms with Crippen LogP contribution in [-0.4, -0.2) is 0 Å². The number of anilines is 4. The molecule has 0 saturated carbocycles. The van der Waals surface area contributed by atoms with Crippen molar-refractivity contribution < 1.29 is 13.4 Å². The Morgan fingerprint density at radius 3 is 1.33 bits per heavy atom. The van der Waals surface area contributed by atoms with Gasteiger partial charge in [0.1, 0.15) is 22.3 Å². The van der Waals surface area contributed by atoms with Gasteiger partial charge >= 0.3 is 7.44 Å². The molecule has 0 aliphatic carbocycles. The lowest BCUT2D eigenvalue weighted by molar-refractivity contribution is 0.582. The van der Waals surface area contributed by atoms with E-state index in [0.29, 0.717) is 0 Å². The summed E-state index contributed by atoms with van der Waals surface area (Å²) in [7, 11) is -3.60. The van der Waals surface area contributed by atoms with Gasteiger partial charge in [-0.25, -0.2) is 0 Å². The number of benzene rings is 6. The van der Waals surface area contributed by atoms with Crippen molar-refractivity contribution in [1.29, 1.82) is 0 Å². The van der Waals surface area contributed by atoms with Gasteiger partial charge in [0.2, 0.25) is 0 Å². The highest BCUT2D eigenvalue weighted by Gasteiger charge is 2.50. The highest BCUT2D eigenvalue weighted by Crippen LogP contribution is 2.71. The maximum Gasteiger partial charge on any atom is 0.301 e. The summed E-state index contributed by atoms with van der Waals surface area (Å²) in [6.45, 7) is 0. The molecule has 2 aromatic heterocycles. The smallest absolute Gasteiger partial charge is 0.301 e. The van der Waals surface area contributed by atoms with Crippen molar-refractivity contribution in [3.05, 3.63) is 140 Å². The van der Waals surface area contributed by atoms with E-state index in [1.54, 1.807) is 0 Å². The van der Waals surface area contributed by atoms with Crippen LogP contribution in [-0.2, 0) is 4.57 Å². The van der Waals surface area contributed by atoms with Gasteiger partial charge in [-0.3, -0.25) is 13.9 Å². The van der Waals surface area contributed by atoms with E-state index in [4.69, 9.17) is 8.83 Å². The van der Waals surface area contributed by atoms with E-state index in [2.05, 4.69) is 24.3 Å². The minimum atomic E-state index is -3.60. The first-order chi connectivity index (χ1) is 20.7. The van der Waals surface area contributed by atoms with Crippen molar-refractivity contribution in [2.24, 2.45) is 0 Å². The lowest BCUT2D eigenvalue weighted by Gasteiger charge is -2.33. The van der Waals surface area contributed by atoms with Crippen molar-refractivity contribution >= 4 is 79.4 Å². The molecule has 0 fully saturated rings. The molecule has 8 aromatic rings. The van der Waals surface area contributed by atoms with Crippen LogP contribution in [0.25, 0.3) is 43.9 Å². The molecule has 5 nitrogen and oxygen atoms in total. The second kappa shape index (κ2) is 8.62. The second-order valence-corrected chi connectivity index (χ2v) is 12.9.